The van der Waals surface area contributed by atoms with Crippen molar-refractivity contribution in [3.8, 4) is 0 Å². The lowest BCUT2D eigenvalue weighted by molar-refractivity contribution is -0.114. The van der Waals surface area contributed by atoms with Crippen molar-refractivity contribution in [2.45, 2.75) is 26.2 Å². The number of anilines is 2. The van der Waals surface area contributed by atoms with Crippen LogP contribution in [-0.2, 0) is 24.1 Å². The average Bonchev–Trinajstić information content (AvgIpc) is 3.07. The standard InChI is InChI=1S/C22H23N5O3S/c1-13(28)25-22-27-18(11-6-14-4-9-17(10-5-14)26-21(23)24)19(31-22)12-15-2-7-16(8-3-15)20(29)30/h2-5,7-10H,6,11-12H2,1H3,(H,29,30)(H4,23,24,26)(H,25,27,28). The first kappa shape index (κ1) is 22.0. The van der Waals surface area contributed by atoms with Crippen LogP contribution in [0, 0.1) is 5.41 Å². The predicted octanol–water partition coefficient (Wildman–Crippen LogP) is 3.48. The Hall–Kier alpha value is -3.72. The molecule has 0 radical (unpaired) electrons. The van der Waals surface area contributed by atoms with Gasteiger partial charge in [0.05, 0.1) is 11.3 Å². The number of rotatable bonds is 8. The summed E-state index contributed by atoms with van der Waals surface area (Å²) in [5, 5.41) is 22.4. The van der Waals surface area contributed by atoms with Gasteiger partial charge in [-0.1, -0.05) is 24.3 Å². The number of aromatic carboxylic acids is 1. The molecule has 1 heterocycles. The second-order valence-corrected chi connectivity index (χ2v) is 8.07. The van der Waals surface area contributed by atoms with E-state index in [1.165, 1.54) is 18.3 Å². The highest BCUT2D eigenvalue weighted by Gasteiger charge is 2.14. The van der Waals surface area contributed by atoms with E-state index in [9.17, 15) is 9.59 Å². The van der Waals surface area contributed by atoms with Crippen molar-refractivity contribution >= 4 is 40.0 Å². The molecule has 0 atom stereocenters. The minimum Gasteiger partial charge on any atom is -0.478 e. The number of benzene rings is 2. The normalized spacial score (nSPS) is 10.5. The fourth-order valence-corrected chi connectivity index (χ4v) is 4.13. The first-order valence-corrected chi connectivity index (χ1v) is 10.4. The lowest BCUT2D eigenvalue weighted by atomic mass is 10.0. The van der Waals surface area contributed by atoms with Gasteiger partial charge in [-0.25, -0.2) is 9.78 Å². The van der Waals surface area contributed by atoms with Gasteiger partial charge >= 0.3 is 5.97 Å². The summed E-state index contributed by atoms with van der Waals surface area (Å²) in [6, 6.07) is 14.4. The maximum atomic E-state index is 11.5. The second-order valence-electron chi connectivity index (χ2n) is 6.98. The zero-order chi connectivity index (χ0) is 22.4. The van der Waals surface area contributed by atoms with Crippen LogP contribution in [0.3, 0.4) is 0 Å². The van der Waals surface area contributed by atoms with Gasteiger partial charge < -0.3 is 21.5 Å². The minimum absolute atomic E-state index is 0.109. The maximum absolute atomic E-state index is 11.5. The smallest absolute Gasteiger partial charge is 0.335 e. The number of carbonyl (C=O) groups excluding carboxylic acids is 1. The lowest BCUT2D eigenvalue weighted by Gasteiger charge is -2.06. The molecule has 6 N–H and O–H groups in total. The highest BCUT2D eigenvalue weighted by molar-refractivity contribution is 7.15. The van der Waals surface area contributed by atoms with Gasteiger partial charge in [-0.2, -0.15) is 0 Å². The third-order valence-electron chi connectivity index (χ3n) is 4.51. The van der Waals surface area contributed by atoms with Gasteiger partial charge in [-0.3, -0.25) is 10.2 Å². The van der Waals surface area contributed by atoms with Crippen LogP contribution in [0.1, 0.15) is 39.0 Å². The maximum Gasteiger partial charge on any atom is 0.335 e. The summed E-state index contributed by atoms with van der Waals surface area (Å²) in [6.07, 6.45) is 2.06. The van der Waals surface area contributed by atoms with Crippen LogP contribution in [0.4, 0.5) is 10.8 Å². The molecule has 1 amide bonds. The fourth-order valence-electron chi connectivity index (χ4n) is 3.04. The van der Waals surface area contributed by atoms with Crippen LogP contribution in [0.25, 0.3) is 0 Å². The molecular weight excluding hydrogens is 414 g/mol. The van der Waals surface area contributed by atoms with Crippen molar-refractivity contribution in [2.24, 2.45) is 5.73 Å². The minimum atomic E-state index is -0.956. The Morgan fingerprint density at radius 3 is 2.26 bits per heavy atom. The Morgan fingerprint density at radius 2 is 1.68 bits per heavy atom. The van der Waals surface area contributed by atoms with Crippen LogP contribution in [-0.4, -0.2) is 27.9 Å². The molecule has 31 heavy (non-hydrogen) atoms. The number of carboxylic acids is 1. The summed E-state index contributed by atoms with van der Waals surface area (Å²) in [7, 11) is 0. The Labute approximate surface area is 183 Å². The summed E-state index contributed by atoms with van der Waals surface area (Å²) in [4.78, 5) is 28.1. The summed E-state index contributed by atoms with van der Waals surface area (Å²) < 4.78 is 0. The molecule has 0 unspecified atom stereocenters. The van der Waals surface area contributed by atoms with Crippen molar-refractivity contribution in [3.63, 3.8) is 0 Å². The molecular formula is C22H23N5O3S. The topological polar surface area (TPSA) is 141 Å². The highest BCUT2D eigenvalue weighted by Crippen LogP contribution is 2.27. The molecule has 1 aromatic heterocycles. The van der Waals surface area contributed by atoms with Crippen molar-refractivity contribution in [1.82, 2.24) is 4.98 Å². The molecule has 0 aliphatic rings. The highest BCUT2D eigenvalue weighted by atomic mass is 32.1. The third-order valence-corrected chi connectivity index (χ3v) is 5.52. The molecule has 0 saturated carbocycles. The molecule has 0 aliphatic carbocycles. The van der Waals surface area contributed by atoms with Gasteiger partial charge in [0, 0.05) is 23.9 Å². The number of aromatic nitrogens is 1. The molecule has 0 bridgehead atoms. The van der Waals surface area contributed by atoms with E-state index in [2.05, 4.69) is 15.6 Å². The van der Waals surface area contributed by atoms with E-state index in [0.717, 1.165) is 33.8 Å². The van der Waals surface area contributed by atoms with Gasteiger partial charge in [0.2, 0.25) is 5.91 Å². The van der Waals surface area contributed by atoms with Gasteiger partial charge in [-0.05, 0) is 48.2 Å². The number of thiazole rings is 1. The average molecular weight is 438 g/mol. The van der Waals surface area contributed by atoms with E-state index in [1.807, 2.05) is 24.3 Å². The van der Waals surface area contributed by atoms with E-state index < -0.39 is 5.97 Å². The molecule has 3 aromatic rings. The largest absolute Gasteiger partial charge is 0.478 e. The van der Waals surface area contributed by atoms with Crippen LogP contribution in [0.15, 0.2) is 48.5 Å². The Morgan fingerprint density at radius 1 is 1.03 bits per heavy atom. The van der Waals surface area contributed by atoms with Crippen molar-refractivity contribution in [2.75, 3.05) is 10.6 Å². The van der Waals surface area contributed by atoms with Gasteiger partial charge in [0.1, 0.15) is 0 Å². The first-order chi connectivity index (χ1) is 14.8. The number of nitrogens with one attached hydrogen (secondary N) is 3. The molecule has 0 aliphatic heterocycles. The molecule has 0 fully saturated rings. The Kier molecular flexibility index (Phi) is 6.99. The van der Waals surface area contributed by atoms with Gasteiger partial charge in [0.15, 0.2) is 11.1 Å². The number of nitrogens with two attached hydrogens (primary N) is 1. The van der Waals surface area contributed by atoms with E-state index >= 15 is 0 Å². The van der Waals surface area contributed by atoms with E-state index in [0.29, 0.717) is 18.0 Å². The number of hydrogen-bond donors (Lipinski definition) is 5. The number of amides is 1. The van der Waals surface area contributed by atoms with Crippen molar-refractivity contribution in [1.29, 1.82) is 5.41 Å². The monoisotopic (exact) mass is 437 g/mol. The summed E-state index contributed by atoms with van der Waals surface area (Å²) in [5.41, 5.74) is 9.33. The molecule has 0 spiro atoms. The molecule has 9 heteroatoms. The number of guanidine groups is 1. The molecule has 2 aromatic carbocycles. The zero-order valence-electron chi connectivity index (χ0n) is 16.9. The van der Waals surface area contributed by atoms with Crippen molar-refractivity contribution in [3.05, 3.63) is 75.8 Å². The molecule has 3 rings (SSSR count). The lowest BCUT2D eigenvalue weighted by Crippen LogP contribution is -2.20. The second kappa shape index (κ2) is 9.86. The van der Waals surface area contributed by atoms with Crippen LogP contribution >= 0.6 is 11.3 Å². The van der Waals surface area contributed by atoms with Gasteiger partial charge in [0.25, 0.3) is 0 Å². The van der Waals surface area contributed by atoms with E-state index in [1.54, 1.807) is 24.3 Å². The van der Waals surface area contributed by atoms with E-state index in [4.69, 9.17) is 16.2 Å². The third kappa shape index (κ3) is 6.38. The zero-order valence-corrected chi connectivity index (χ0v) is 17.8. The number of hydrogen-bond acceptors (Lipinski definition) is 5. The predicted molar refractivity (Wildman–Crippen MR) is 122 cm³/mol. The Bertz CT molecular complexity index is 1090. The van der Waals surface area contributed by atoms with Crippen LogP contribution in [0.5, 0.6) is 0 Å². The van der Waals surface area contributed by atoms with Crippen LogP contribution < -0.4 is 16.4 Å². The Balaban J connectivity index is 1.75. The first-order valence-electron chi connectivity index (χ1n) is 9.58. The van der Waals surface area contributed by atoms with E-state index in [-0.39, 0.29) is 17.4 Å². The van der Waals surface area contributed by atoms with Gasteiger partial charge in [-0.15, -0.1) is 11.3 Å². The number of carboxylic acid groups (broad SMARTS) is 1. The molecule has 8 nitrogen and oxygen atoms in total. The number of nitrogens with zero attached hydrogens (tertiary/aromatic N) is 1. The molecule has 0 saturated heterocycles. The van der Waals surface area contributed by atoms with Crippen molar-refractivity contribution < 1.29 is 14.7 Å². The SMILES string of the molecule is CC(=O)Nc1nc(CCc2ccc(NC(=N)N)cc2)c(Cc2ccc(C(=O)O)cc2)s1. The summed E-state index contributed by atoms with van der Waals surface area (Å²) >= 11 is 1.43. The van der Waals surface area contributed by atoms with Crippen LogP contribution in [0.2, 0.25) is 0 Å². The summed E-state index contributed by atoms with van der Waals surface area (Å²) in [6.45, 7) is 1.45. The quantitative estimate of drug-likeness (QED) is 0.270. The number of carbonyl (C=O) groups is 2. The summed E-state index contributed by atoms with van der Waals surface area (Å²) in [5.74, 6) is -1.24. The molecule has 160 valence electrons. The number of aryl methyl sites for hydroxylation is 2. The fraction of sp³-hybridized carbons (Fsp3) is 0.182.